The van der Waals surface area contributed by atoms with E-state index in [2.05, 4.69) is 31.3 Å². The summed E-state index contributed by atoms with van der Waals surface area (Å²) in [5, 5.41) is 23.3. The molecule has 0 aliphatic rings. The van der Waals surface area contributed by atoms with Crippen LogP contribution in [0, 0.1) is 0 Å². The molecule has 0 saturated heterocycles. The topological polar surface area (TPSA) is 95.9 Å². The largest absolute Gasteiger partial charge is 0.466 e. The number of esters is 1. The number of allylic oxidation sites excluding steroid dienone is 2. The smallest absolute Gasteiger partial charge is 0.305 e. The fraction of sp³-hybridized carbons (Fsp3) is 0.937. The average molecular weight is 975 g/mol. The van der Waals surface area contributed by atoms with Crippen LogP contribution in [0.2, 0.25) is 0 Å². The summed E-state index contributed by atoms with van der Waals surface area (Å²) in [5.41, 5.74) is 0. The molecule has 0 spiro atoms. The van der Waals surface area contributed by atoms with Gasteiger partial charge in [-0.05, 0) is 51.4 Å². The normalized spacial score (nSPS) is 12.6. The minimum absolute atomic E-state index is 0.00548. The van der Waals surface area contributed by atoms with Crippen LogP contribution in [0.4, 0.5) is 0 Å². The van der Waals surface area contributed by atoms with Crippen molar-refractivity contribution >= 4 is 11.9 Å². The highest BCUT2D eigenvalue weighted by Crippen LogP contribution is 2.18. The van der Waals surface area contributed by atoms with Gasteiger partial charge >= 0.3 is 5.97 Å². The second-order valence-electron chi connectivity index (χ2n) is 21.7. The van der Waals surface area contributed by atoms with E-state index >= 15 is 0 Å². The number of hydrogen-bond donors (Lipinski definition) is 3. The molecule has 2 atom stereocenters. The quantitative estimate of drug-likeness (QED) is 0.0321. The van der Waals surface area contributed by atoms with Crippen molar-refractivity contribution < 1.29 is 24.5 Å². The van der Waals surface area contributed by atoms with Gasteiger partial charge in [-0.2, -0.15) is 0 Å². The summed E-state index contributed by atoms with van der Waals surface area (Å²) >= 11 is 0. The molecule has 0 fully saturated rings. The number of carbonyl (C=O) groups excluding carboxylic acids is 2. The molecule has 0 radical (unpaired) electrons. The molecule has 6 heteroatoms. The average Bonchev–Trinajstić information content (AvgIpc) is 3.35. The Balaban J connectivity index is 3.37. The first-order valence-corrected chi connectivity index (χ1v) is 31.4. The Bertz CT molecular complexity index is 1030. The van der Waals surface area contributed by atoms with E-state index in [1.807, 2.05) is 0 Å². The highest BCUT2D eigenvalue weighted by atomic mass is 16.5. The van der Waals surface area contributed by atoms with Gasteiger partial charge in [0.05, 0.1) is 25.4 Å². The Kier molecular flexibility index (Phi) is 58.0. The number of nitrogens with one attached hydrogen (secondary N) is 1. The Labute approximate surface area is 431 Å². The van der Waals surface area contributed by atoms with Crippen molar-refractivity contribution in [3.05, 3.63) is 12.2 Å². The molecule has 0 rings (SSSR count). The van der Waals surface area contributed by atoms with E-state index in [1.54, 1.807) is 0 Å². The summed E-state index contributed by atoms with van der Waals surface area (Å²) < 4.78 is 5.48. The molecule has 0 saturated carbocycles. The predicted molar refractivity (Wildman–Crippen MR) is 301 cm³/mol. The van der Waals surface area contributed by atoms with Crippen molar-refractivity contribution in [1.29, 1.82) is 0 Å². The molecule has 6 nitrogen and oxygen atoms in total. The van der Waals surface area contributed by atoms with Gasteiger partial charge in [-0.1, -0.05) is 302 Å². The summed E-state index contributed by atoms with van der Waals surface area (Å²) in [5.74, 6) is -0.0269. The molecular weight excluding hydrogens is 851 g/mol. The van der Waals surface area contributed by atoms with Gasteiger partial charge in [0, 0.05) is 12.8 Å². The third-order valence-corrected chi connectivity index (χ3v) is 14.8. The van der Waals surface area contributed by atoms with Gasteiger partial charge in [0.2, 0.25) is 5.91 Å². The molecule has 0 aliphatic carbocycles. The zero-order chi connectivity index (χ0) is 50.0. The first kappa shape index (κ1) is 67.6. The predicted octanol–water partition coefficient (Wildman–Crippen LogP) is 19.6. The number of hydrogen-bond acceptors (Lipinski definition) is 5. The molecule has 0 aromatic carbocycles. The van der Waals surface area contributed by atoms with Gasteiger partial charge in [0.1, 0.15) is 0 Å². The van der Waals surface area contributed by atoms with Gasteiger partial charge in [-0.15, -0.1) is 0 Å². The van der Waals surface area contributed by atoms with Crippen LogP contribution in [0.5, 0.6) is 0 Å². The number of carbonyl (C=O) groups is 2. The number of aliphatic hydroxyl groups excluding tert-OH is 2. The minimum Gasteiger partial charge on any atom is -0.466 e. The van der Waals surface area contributed by atoms with E-state index in [-0.39, 0.29) is 18.5 Å². The lowest BCUT2D eigenvalue weighted by Crippen LogP contribution is -2.45. The molecule has 0 aromatic heterocycles. The lowest BCUT2D eigenvalue weighted by molar-refractivity contribution is -0.143. The maximum atomic E-state index is 12.5. The molecule has 69 heavy (non-hydrogen) atoms. The fourth-order valence-corrected chi connectivity index (χ4v) is 9.99. The maximum absolute atomic E-state index is 12.5. The first-order chi connectivity index (χ1) is 34.0. The highest BCUT2D eigenvalue weighted by Gasteiger charge is 2.20. The van der Waals surface area contributed by atoms with Gasteiger partial charge < -0.3 is 20.3 Å². The Morgan fingerprint density at radius 3 is 1.03 bits per heavy atom. The summed E-state index contributed by atoms with van der Waals surface area (Å²) in [6.07, 6.45) is 70.8. The molecule has 0 aromatic rings. The fourth-order valence-electron chi connectivity index (χ4n) is 9.99. The monoisotopic (exact) mass is 974 g/mol. The van der Waals surface area contributed by atoms with Gasteiger partial charge in [0.15, 0.2) is 0 Å². The van der Waals surface area contributed by atoms with Crippen LogP contribution in [-0.2, 0) is 14.3 Å². The Morgan fingerprint density at radius 2 is 0.681 bits per heavy atom. The van der Waals surface area contributed by atoms with Crippen LogP contribution >= 0.6 is 0 Å². The molecule has 1 amide bonds. The summed E-state index contributed by atoms with van der Waals surface area (Å²) in [6, 6.07) is -0.541. The van der Waals surface area contributed by atoms with Crippen LogP contribution in [0.15, 0.2) is 12.2 Å². The van der Waals surface area contributed by atoms with E-state index in [9.17, 15) is 19.8 Å². The molecule has 0 aliphatic heterocycles. The van der Waals surface area contributed by atoms with Gasteiger partial charge in [-0.3, -0.25) is 9.59 Å². The van der Waals surface area contributed by atoms with Gasteiger partial charge in [0.25, 0.3) is 0 Å². The van der Waals surface area contributed by atoms with Crippen molar-refractivity contribution in [3.63, 3.8) is 0 Å². The molecule has 0 bridgehead atoms. The minimum atomic E-state index is -0.664. The second kappa shape index (κ2) is 59.2. The third kappa shape index (κ3) is 55.8. The van der Waals surface area contributed by atoms with Crippen molar-refractivity contribution in [2.75, 3.05) is 13.2 Å². The van der Waals surface area contributed by atoms with Crippen LogP contribution in [0.1, 0.15) is 354 Å². The Hall–Kier alpha value is -1.40. The molecular formula is C63H123NO5. The summed E-state index contributed by atoms with van der Waals surface area (Å²) in [7, 11) is 0. The number of rotatable bonds is 59. The standard InChI is InChI=1S/C63H123NO5/c1-3-5-7-9-11-13-15-17-19-28-31-35-39-43-47-51-55-61(66)60(59-65)64-62(67)56-52-48-44-40-36-32-29-26-24-22-20-21-23-25-27-30-34-38-42-46-50-54-58-69-63(68)57-53-49-45-41-37-33-18-16-14-12-10-8-6-4-2/h16,18,60-61,65-66H,3-15,17,19-59H2,1-2H3,(H,64,67)/b18-16-. The number of amides is 1. The third-order valence-electron chi connectivity index (χ3n) is 14.8. The zero-order valence-electron chi connectivity index (χ0n) is 46.8. The van der Waals surface area contributed by atoms with Crippen LogP contribution < -0.4 is 5.32 Å². The van der Waals surface area contributed by atoms with E-state index in [1.165, 1.54) is 276 Å². The van der Waals surface area contributed by atoms with Crippen molar-refractivity contribution in [1.82, 2.24) is 5.32 Å². The molecule has 0 heterocycles. The number of ether oxygens (including phenoxy) is 1. The number of aliphatic hydroxyl groups is 2. The molecule has 410 valence electrons. The Morgan fingerprint density at radius 1 is 0.391 bits per heavy atom. The van der Waals surface area contributed by atoms with Crippen molar-refractivity contribution in [2.24, 2.45) is 0 Å². The number of unbranched alkanes of at least 4 members (excludes halogenated alkanes) is 46. The maximum Gasteiger partial charge on any atom is 0.305 e. The highest BCUT2D eigenvalue weighted by molar-refractivity contribution is 5.76. The lowest BCUT2D eigenvalue weighted by Gasteiger charge is -2.22. The van der Waals surface area contributed by atoms with Crippen LogP contribution in [-0.4, -0.2) is 47.4 Å². The molecule has 2 unspecified atom stereocenters. The first-order valence-electron chi connectivity index (χ1n) is 31.4. The zero-order valence-corrected chi connectivity index (χ0v) is 46.8. The van der Waals surface area contributed by atoms with E-state index in [0.29, 0.717) is 25.9 Å². The summed E-state index contributed by atoms with van der Waals surface area (Å²) in [4.78, 5) is 24.5. The molecule has 3 N–H and O–H groups in total. The lowest BCUT2D eigenvalue weighted by atomic mass is 10.0. The van der Waals surface area contributed by atoms with E-state index < -0.39 is 12.1 Å². The van der Waals surface area contributed by atoms with Crippen LogP contribution in [0.25, 0.3) is 0 Å². The second-order valence-corrected chi connectivity index (χ2v) is 21.7. The van der Waals surface area contributed by atoms with E-state index in [4.69, 9.17) is 4.74 Å². The van der Waals surface area contributed by atoms with Gasteiger partial charge in [-0.25, -0.2) is 0 Å². The SMILES string of the molecule is CCCCCCC/C=C\CCCCCCCC(=O)OCCCCCCCCCCCCCCCCCCCCCCCCC(=O)NC(CO)C(O)CCCCCCCCCCCCCCCCCC. The van der Waals surface area contributed by atoms with Crippen molar-refractivity contribution in [2.45, 2.75) is 366 Å². The van der Waals surface area contributed by atoms with Crippen molar-refractivity contribution in [3.8, 4) is 0 Å². The van der Waals surface area contributed by atoms with E-state index in [0.717, 1.165) is 44.9 Å². The summed E-state index contributed by atoms with van der Waals surface area (Å²) in [6.45, 7) is 4.97. The van der Waals surface area contributed by atoms with Crippen LogP contribution in [0.3, 0.4) is 0 Å².